The SMILES string of the molecule is CC(C)(C)[N-][Si](C)(C)C1C(O[Si](C)(C)OC(C)(C)C)CC2C=CC=CC21.[CH3-].[CH3-].[Ti+4]. The molecule has 0 heterocycles. The molecule has 1 fully saturated rings. The summed E-state index contributed by atoms with van der Waals surface area (Å²) in [6.07, 6.45) is 10.5. The number of fused-ring (bicyclic) bond motifs is 1. The van der Waals surface area contributed by atoms with Gasteiger partial charge in [-0.05, 0) is 57.7 Å². The van der Waals surface area contributed by atoms with Gasteiger partial charge in [0.1, 0.15) is 0 Å². The van der Waals surface area contributed by atoms with Crippen molar-refractivity contribution in [1.29, 1.82) is 0 Å². The Bertz CT molecular complexity index is 562. The Hall–Kier alpha value is 0.508. The van der Waals surface area contributed by atoms with Gasteiger partial charge in [0.05, 0.1) is 5.60 Å². The van der Waals surface area contributed by atoms with Gasteiger partial charge in [0.15, 0.2) is 0 Å². The number of nitrogens with zero attached hydrogens (tertiary/aromatic N) is 1. The van der Waals surface area contributed by atoms with Crippen molar-refractivity contribution in [2.75, 3.05) is 0 Å². The molecule has 0 bridgehead atoms. The van der Waals surface area contributed by atoms with E-state index in [1.54, 1.807) is 0 Å². The molecule has 0 amide bonds. The predicted octanol–water partition coefficient (Wildman–Crippen LogP) is 7.30. The third-order valence-electron chi connectivity index (χ3n) is 5.04. The van der Waals surface area contributed by atoms with Crippen LogP contribution >= 0.6 is 0 Å². The Morgan fingerprint density at radius 3 is 1.90 bits per heavy atom. The van der Waals surface area contributed by atoms with Crippen molar-refractivity contribution < 1.29 is 30.6 Å². The topological polar surface area (TPSA) is 32.6 Å². The van der Waals surface area contributed by atoms with Gasteiger partial charge in [0.25, 0.3) is 0 Å². The zero-order valence-corrected chi connectivity index (χ0v) is 24.7. The Labute approximate surface area is 199 Å². The molecule has 3 nitrogen and oxygen atoms in total. The van der Waals surface area contributed by atoms with Crippen molar-refractivity contribution >= 4 is 16.8 Å². The molecule has 0 aromatic rings. The number of hydrogen-bond acceptors (Lipinski definition) is 2. The molecule has 0 aromatic carbocycles. The van der Waals surface area contributed by atoms with Crippen LogP contribution in [0.4, 0.5) is 0 Å². The van der Waals surface area contributed by atoms with Crippen LogP contribution in [0.1, 0.15) is 48.0 Å². The first-order valence-electron chi connectivity index (χ1n) is 10.1. The van der Waals surface area contributed by atoms with E-state index in [0.717, 1.165) is 6.42 Å². The summed E-state index contributed by atoms with van der Waals surface area (Å²) in [5.41, 5.74) is 0.337. The molecule has 2 aliphatic carbocycles. The monoisotopic (exact) mass is 472 g/mol. The molecule has 2 aliphatic rings. The van der Waals surface area contributed by atoms with Crippen molar-refractivity contribution in [2.24, 2.45) is 11.8 Å². The minimum atomic E-state index is -2.21. The Balaban J connectivity index is 0. The van der Waals surface area contributed by atoms with Gasteiger partial charge in [-0.2, -0.15) is 0 Å². The van der Waals surface area contributed by atoms with E-state index < -0.39 is 16.8 Å². The van der Waals surface area contributed by atoms with E-state index in [9.17, 15) is 0 Å². The summed E-state index contributed by atoms with van der Waals surface area (Å²) >= 11 is 0. The first-order valence-corrected chi connectivity index (χ1v) is 15.9. The van der Waals surface area contributed by atoms with Crippen LogP contribution in [-0.4, -0.2) is 34.0 Å². The quantitative estimate of drug-likeness (QED) is 0.311. The molecular formula is C23H46NO2Si2Ti+. The number of hydrogen-bond donors (Lipinski definition) is 0. The van der Waals surface area contributed by atoms with Gasteiger partial charge in [-0.3, -0.25) is 0 Å². The largest absolute Gasteiger partial charge is 4.00 e. The van der Waals surface area contributed by atoms with Crippen LogP contribution in [0.15, 0.2) is 24.3 Å². The second-order valence-electron chi connectivity index (χ2n) is 11.0. The molecule has 2 rings (SSSR count). The maximum Gasteiger partial charge on any atom is 4.00 e. The van der Waals surface area contributed by atoms with Gasteiger partial charge in [0, 0.05) is 6.10 Å². The Morgan fingerprint density at radius 1 is 0.897 bits per heavy atom. The minimum absolute atomic E-state index is 0. The molecule has 29 heavy (non-hydrogen) atoms. The zero-order valence-electron chi connectivity index (χ0n) is 21.1. The molecule has 0 radical (unpaired) electrons. The summed E-state index contributed by atoms with van der Waals surface area (Å²) in [6.45, 7) is 22.3. The average Bonchev–Trinajstić information content (AvgIpc) is 2.69. The third kappa shape index (κ3) is 9.26. The molecule has 0 saturated heterocycles. The average molecular weight is 473 g/mol. The molecule has 1 saturated carbocycles. The van der Waals surface area contributed by atoms with E-state index in [-0.39, 0.29) is 53.8 Å². The van der Waals surface area contributed by atoms with Crippen LogP contribution in [0.5, 0.6) is 0 Å². The molecule has 0 aromatic heterocycles. The van der Waals surface area contributed by atoms with Crippen LogP contribution in [0.25, 0.3) is 4.98 Å². The van der Waals surface area contributed by atoms with Crippen molar-refractivity contribution in [3.63, 3.8) is 0 Å². The molecular weight excluding hydrogens is 426 g/mol. The van der Waals surface area contributed by atoms with Gasteiger partial charge in [0.2, 0.25) is 0 Å². The smallest absolute Gasteiger partial charge is 0.660 e. The zero-order chi connectivity index (χ0) is 20.0. The molecule has 4 atom stereocenters. The van der Waals surface area contributed by atoms with E-state index in [2.05, 4.69) is 92.0 Å². The molecule has 6 heteroatoms. The van der Waals surface area contributed by atoms with Crippen LogP contribution in [-0.2, 0) is 30.6 Å². The summed E-state index contributed by atoms with van der Waals surface area (Å²) in [4.78, 5) is 5.34. The summed E-state index contributed by atoms with van der Waals surface area (Å²) in [5.74, 6) is 1.13. The van der Waals surface area contributed by atoms with Crippen molar-refractivity contribution in [2.45, 2.75) is 96.9 Å². The molecule has 4 unspecified atom stereocenters. The van der Waals surface area contributed by atoms with Crippen LogP contribution in [0, 0.1) is 26.7 Å². The summed E-state index contributed by atoms with van der Waals surface area (Å²) in [6, 6.07) is 0. The Morgan fingerprint density at radius 2 is 1.41 bits per heavy atom. The second-order valence-corrected chi connectivity index (χ2v) is 18.4. The van der Waals surface area contributed by atoms with Gasteiger partial charge in [-0.1, -0.05) is 66.4 Å². The van der Waals surface area contributed by atoms with E-state index in [1.165, 1.54) is 0 Å². The molecule has 166 valence electrons. The number of rotatable bonds is 5. The van der Waals surface area contributed by atoms with Gasteiger partial charge in [-0.15, -0.1) is 5.54 Å². The fraction of sp³-hybridized carbons (Fsp3) is 0.739. The maximum absolute atomic E-state index is 6.80. The van der Waals surface area contributed by atoms with Crippen molar-refractivity contribution in [1.82, 2.24) is 0 Å². The van der Waals surface area contributed by atoms with E-state index >= 15 is 0 Å². The molecule has 0 N–H and O–H groups in total. The fourth-order valence-corrected chi connectivity index (χ4v) is 12.0. The second kappa shape index (κ2) is 10.9. The fourth-order valence-electron chi connectivity index (χ4n) is 5.07. The third-order valence-corrected chi connectivity index (χ3v) is 10.7. The summed E-state index contributed by atoms with van der Waals surface area (Å²) in [7, 11) is -4.07. The van der Waals surface area contributed by atoms with E-state index in [1.807, 2.05) is 0 Å². The summed E-state index contributed by atoms with van der Waals surface area (Å²) in [5, 5.41) is 0. The molecule has 0 spiro atoms. The Kier molecular flexibility index (Phi) is 11.9. The van der Waals surface area contributed by atoms with E-state index in [4.69, 9.17) is 13.8 Å². The van der Waals surface area contributed by atoms with Crippen LogP contribution < -0.4 is 0 Å². The van der Waals surface area contributed by atoms with E-state index in [0.29, 0.717) is 17.4 Å². The molecule has 0 aliphatic heterocycles. The minimum Gasteiger partial charge on any atom is -0.660 e. The van der Waals surface area contributed by atoms with Crippen molar-refractivity contribution in [3.05, 3.63) is 44.1 Å². The van der Waals surface area contributed by atoms with Crippen LogP contribution in [0.3, 0.4) is 0 Å². The van der Waals surface area contributed by atoms with Gasteiger partial charge >= 0.3 is 30.3 Å². The maximum atomic E-state index is 6.80. The summed E-state index contributed by atoms with van der Waals surface area (Å²) < 4.78 is 13.2. The van der Waals surface area contributed by atoms with Gasteiger partial charge < -0.3 is 28.7 Å². The first kappa shape index (κ1) is 31.7. The van der Waals surface area contributed by atoms with Crippen LogP contribution in [0.2, 0.25) is 31.7 Å². The van der Waals surface area contributed by atoms with Gasteiger partial charge in [-0.25, -0.2) is 0 Å². The first-order chi connectivity index (χ1) is 11.6. The standard InChI is InChI=1S/C21H40NO2Si2.2CH3.Ti/c1-20(2,3)22-25(7,8)19-17-14-12-11-13-16(17)15-18(19)23-26(9,10)24-21(4,5)6;;;/h11-14,16-19H,15H2,1-10H3;2*1H3;/q3*-1;+4. The predicted molar refractivity (Wildman–Crippen MR) is 130 cm³/mol. The number of allylic oxidation sites excluding steroid dienone is 4. The van der Waals surface area contributed by atoms with Crippen molar-refractivity contribution in [3.8, 4) is 0 Å². The normalized spacial score (nSPS) is 26.8.